The maximum Gasteiger partial charge on any atom is 0.246 e. The molecule has 1 amide bonds. The normalized spacial score (nSPS) is 24.1. The Kier molecular flexibility index (Phi) is 6.33. The van der Waals surface area contributed by atoms with Gasteiger partial charge in [-0.25, -0.2) is 22.6 Å². The van der Waals surface area contributed by atoms with Crippen molar-refractivity contribution in [3.8, 4) is 0 Å². The highest BCUT2D eigenvalue weighted by Gasteiger charge is 2.36. The van der Waals surface area contributed by atoms with E-state index in [1.165, 1.54) is 0 Å². The maximum absolute atomic E-state index is 13.9. The summed E-state index contributed by atoms with van der Waals surface area (Å²) in [4.78, 5) is 13.8. The first-order chi connectivity index (χ1) is 13.2. The summed E-state index contributed by atoms with van der Waals surface area (Å²) in [5, 5.41) is 0. The molecule has 156 valence electrons. The Bertz CT molecular complexity index is 826. The smallest absolute Gasteiger partial charge is 0.246 e. The second kappa shape index (κ2) is 8.40. The van der Waals surface area contributed by atoms with Crippen LogP contribution >= 0.6 is 0 Å². The zero-order valence-corrected chi connectivity index (χ0v) is 16.8. The average molecular weight is 416 g/mol. The lowest BCUT2D eigenvalue weighted by Gasteiger charge is -2.35. The van der Waals surface area contributed by atoms with Gasteiger partial charge in [-0.05, 0) is 30.9 Å². The van der Waals surface area contributed by atoms with Crippen LogP contribution in [0.4, 0.5) is 8.78 Å². The van der Waals surface area contributed by atoms with Crippen LogP contribution in [0.1, 0.15) is 26.7 Å². The zero-order chi connectivity index (χ0) is 20.5. The lowest BCUT2D eigenvalue weighted by molar-refractivity contribution is -0.134. The van der Waals surface area contributed by atoms with Crippen LogP contribution < -0.4 is 10.9 Å². The average Bonchev–Trinajstić information content (AvgIpc) is 3.08. The molecule has 0 saturated carbocycles. The first-order valence-electron chi connectivity index (χ1n) is 9.43. The number of hydrazine groups is 1. The number of hydrogen-bond acceptors (Lipinski definition) is 5. The van der Waals surface area contributed by atoms with E-state index >= 15 is 0 Å². The monoisotopic (exact) mass is 416 g/mol. The fraction of sp³-hybridized carbons (Fsp3) is 0.611. The molecule has 0 bridgehead atoms. The summed E-state index contributed by atoms with van der Waals surface area (Å²) in [5.74, 6) is -1.49. The van der Waals surface area contributed by atoms with Gasteiger partial charge in [-0.3, -0.25) is 10.2 Å². The van der Waals surface area contributed by atoms with Gasteiger partial charge in [-0.2, -0.15) is 4.31 Å². The Hall–Kier alpha value is -1.62. The van der Waals surface area contributed by atoms with E-state index < -0.39 is 26.6 Å². The third-order valence-corrected chi connectivity index (χ3v) is 7.03. The number of carbonyl (C=O) groups excluding carboxylic acids is 1. The molecule has 7 nitrogen and oxygen atoms in total. The van der Waals surface area contributed by atoms with E-state index in [0.29, 0.717) is 18.4 Å². The Morgan fingerprint density at radius 3 is 2.46 bits per heavy atom. The number of nitrogens with one attached hydrogen (secondary N) is 2. The summed E-state index contributed by atoms with van der Waals surface area (Å²) < 4.78 is 53.4. The molecule has 28 heavy (non-hydrogen) atoms. The van der Waals surface area contributed by atoms with Crippen molar-refractivity contribution in [1.82, 2.24) is 20.1 Å². The van der Waals surface area contributed by atoms with E-state index in [2.05, 4.69) is 24.7 Å². The fourth-order valence-electron chi connectivity index (χ4n) is 3.70. The number of carbonyl (C=O) groups is 1. The predicted molar refractivity (Wildman–Crippen MR) is 99.6 cm³/mol. The molecule has 0 aliphatic carbocycles. The van der Waals surface area contributed by atoms with Gasteiger partial charge in [0.15, 0.2) is 0 Å². The number of benzene rings is 1. The van der Waals surface area contributed by atoms with Gasteiger partial charge in [0.05, 0.1) is 0 Å². The van der Waals surface area contributed by atoms with Crippen LogP contribution in [-0.2, 0) is 14.8 Å². The Morgan fingerprint density at radius 1 is 1.18 bits per heavy atom. The molecular formula is C18H26F2N4O3S. The standard InChI is InChI=1S/C18H26F2N4O3S/c1-12(2)9-14-11-16(22-21-14)18(25)23-5-7-24(8-6-23)28(26,27)17-4-3-13(19)10-15(17)20/h3-4,10,12,14,16,21-22H,5-9,11H2,1-2H3. The Balaban J connectivity index is 1.59. The summed E-state index contributed by atoms with van der Waals surface area (Å²) in [7, 11) is -4.07. The number of amides is 1. The summed E-state index contributed by atoms with van der Waals surface area (Å²) in [6.07, 6.45) is 1.66. The van der Waals surface area contributed by atoms with Gasteiger partial charge in [0, 0.05) is 38.3 Å². The minimum Gasteiger partial charge on any atom is -0.339 e. The van der Waals surface area contributed by atoms with E-state index in [4.69, 9.17) is 0 Å². The number of rotatable bonds is 5. The summed E-state index contributed by atoms with van der Waals surface area (Å²) in [6, 6.07) is 2.31. The lowest BCUT2D eigenvalue weighted by Crippen LogP contribution is -2.54. The van der Waals surface area contributed by atoms with Crippen molar-refractivity contribution >= 4 is 15.9 Å². The Morgan fingerprint density at radius 2 is 1.86 bits per heavy atom. The largest absolute Gasteiger partial charge is 0.339 e. The van der Waals surface area contributed by atoms with Gasteiger partial charge < -0.3 is 4.90 Å². The number of nitrogens with zero attached hydrogens (tertiary/aromatic N) is 2. The number of sulfonamides is 1. The second-order valence-corrected chi connectivity index (χ2v) is 9.61. The summed E-state index contributed by atoms with van der Waals surface area (Å²) in [6.45, 7) is 4.85. The van der Waals surface area contributed by atoms with E-state index in [1.807, 2.05) is 0 Å². The molecule has 2 fully saturated rings. The quantitative estimate of drug-likeness (QED) is 0.751. The molecule has 1 aromatic rings. The summed E-state index contributed by atoms with van der Waals surface area (Å²) >= 11 is 0. The van der Waals surface area contributed by atoms with Gasteiger partial charge in [0.25, 0.3) is 0 Å². The van der Waals surface area contributed by atoms with Crippen molar-refractivity contribution in [3.05, 3.63) is 29.8 Å². The molecule has 2 N–H and O–H groups in total. The van der Waals surface area contributed by atoms with Crippen LogP contribution in [-0.4, -0.2) is 61.8 Å². The predicted octanol–water partition coefficient (Wildman–Crippen LogP) is 1.08. The topological polar surface area (TPSA) is 81.8 Å². The van der Waals surface area contributed by atoms with E-state index in [-0.39, 0.29) is 44.2 Å². The SMILES string of the molecule is CC(C)CC1CC(C(=O)N2CCN(S(=O)(=O)c3ccc(F)cc3F)CC2)NN1. The van der Waals surface area contributed by atoms with Crippen molar-refractivity contribution in [1.29, 1.82) is 0 Å². The Labute approximate surface area is 164 Å². The van der Waals surface area contributed by atoms with Gasteiger partial charge in [0.1, 0.15) is 22.6 Å². The van der Waals surface area contributed by atoms with Crippen LogP contribution in [0.5, 0.6) is 0 Å². The van der Waals surface area contributed by atoms with Crippen molar-refractivity contribution < 1.29 is 22.0 Å². The number of hydrogen-bond donors (Lipinski definition) is 2. The highest BCUT2D eigenvalue weighted by atomic mass is 32.2. The molecule has 0 radical (unpaired) electrons. The molecule has 2 aliphatic rings. The highest BCUT2D eigenvalue weighted by Crippen LogP contribution is 2.22. The van der Waals surface area contributed by atoms with Gasteiger partial charge in [0.2, 0.25) is 15.9 Å². The van der Waals surface area contributed by atoms with Crippen LogP contribution in [0.15, 0.2) is 23.1 Å². The van der Waals surface area contributed by atoms with Crippen LogP contribution in [0.25, 0.3) is 0 Å². The van der Waals surface area contributed by atoms with Gasteiger partial charge >= 0.3 is 0 Å². The molecule has 1 aromatic carbocycles. The number of piperazine rings is 1. The van der Waals surface area contributed by atoms with Crippen LogP contribution in [0.2, 0.25) is 0 Å². The molecule has 2 heterocycles. The molecule has 2 unspecified atom stereocenters. The lowest BCUT2D eigenvalue weighted by atomic mass is 9.99. The van der Waals surface area contributed by atoms with Crippen molar-refractivity contribution in [2.45, 2.75) is 43.7 Å². The molecule has 2 atom stereocenters. The molecule has 0 spiro atoms. The maximum atomic E-state index is 13.9. The van der Waals surface area contributed by atoms with Crippen LogP contribution in [0, 0.1) is 17.6 Å². The summed E-state index contributed by atoms with van der Waals surface area (Å²) in [5.41, 5.74) is 6.18. The van der Waals surface area contributed by atoms with Gasteiger partial charge in [-0.15, -0.1) is 0 Å². The van der Waals surface area contributed by atoms with Crippen molar-refractivity contribution in [3.63, 3.8) is 0 Å². The van der Waals surface area contributed by atoms with Crippen molar-refractivity contribution in [2.75, 3.05) is 26.2 Å². The van der Waals surface area contributed by atoms with Crippen molar-refractivity contribution in [2.24, 2.45) is 5.92 Å². The molecule has 10 heteroatoms. The third-order valence-electron chi connectivity index (χ3n) is 5.10. The minimum atomic E-state index is -4.07. The molecular weight excluding hydrogens is 390 g/mol. The third kappa shape index (κ3) is 4.51. The molecule has 2 aliphatic heterocycles. The fourth-order valence-corrected chi connectivity index (χ4v) is 5.17. The molecule has 0 aromatic heterocycles. The zero-order valence-electron chi connectivity index (χ0n) is 16.0. The van der Waals surface area contributed by atoms with Gasteiger partial charge in [-0.1, -0.05) is 13.8 Å². The first-order valence-corrected chi connectivity index (χ1v) is 10.9. The minimum absolute atomic E-state index is 0.0660. The van der Waals surface area contributed by atoms with E-state index in [1.54, 1.807) is 4.90 Å². The highest BCUT2D eigenvalue weighted by molar-refractivity contribution is 7.89. The number of halogens is 2. The second-order valence-electron chi connectivity index (χ2n) is 7.71. The first kappa shape index (κ1) is 21.1. The molecule has 2 saturated heterocycles. The van der Waals surface area contributed by atoms with E-state index in [9.17, 15) is 22.0 Å². The van der Waals surface area contributed by atoms with E-state index in [0.717, 1.165) is 22.9 Å². The van der Waals surface area contributed by atoms with Crippen LogP contribution in [0.3, 0.4) is 0 Å². The molecule has 3 rings (SSSR count).